The van der Waals surface area contributed by atoms with Crippen molar-refractivity contribution in [3.63, 3.8) is 0 Å². The number of hydrogen-bond acceptors (Lipinski definition) is 4. The molecule has 1 aromatic carbocycles. The Morgan fingerprint density at radius 3 is 2.33 bits per heavy atom. The molecule has 6 heteroatoms. The highest BCUT2D eigenvalue weighted by Gasteiger charge is 2.52. The largest absolute Gasteiger partial charge is 0.495 e. The fraction of sp³-hybridized carbons (Fsp3) is 0.500. The van der Waals surface area contributed by atoms with Gasteiger partial charge in [0.2, 0.25) is 0 Å². The highest BCUT2D eigenvalue weighted by molar-refractivity contribution is 6.62. The van der Waals surface area contributed by atoms with Crippen LogP contribution in [-0.4, -0.2) is 31.3 Å². The second-order valence-electron chi connectivity index (χ2n) is 7.17. The molecule has 0 aliphatic carbocycles. The molecule has 5 nitrogen and oxygen atoms in total. The van der Waals surface area contributed by atoms with E-state index >= 15 is 0 Å². The Kier molecular flexibility index (Phi) is 5.23. The summed E-state index contributed by atoms with van der Waals surface area (Å²) in [6.45, 7) is 13.8. The average Bonchev–Trinajstić information content (AvgIpc) is 2.67. The van der Waals surface area contributed by atoms with Gasteiger partial charge >= 0.3 is 7.12 Å². The van der Waals surface area contributed by atoms with E-state index in [4.69, 9.17) is 14.0 Å². The third kappa shape index (κ3) is 3.71. The van der Waals surface area contributed by atoms with E-state index < -0.39 is 18.3 Å². The number of anilines is 1. The van der Waals surface area contributed by atoms with Gasteiger partial charge in [-0.3, -0.25) is 4.79 Å². The Morgan fingerprint density at radius 1 is 1.25 bits per heavy atom. The Balaban J connectivity index is 2.31. The first-order chi connectivity index (χ1) is 11.1. The minimum atomic E-state index is -0.467. The van der Waals surface area contributed by atoms with E-state index in [0.717, 1.165) is 11.0 Å². The number of benzene rings is 1. The molecule has 1 aromatic rings. The summed E-state index contributed by atoms with van der Waals surface area (Å²) in [5, 5.41) is 2.81. The van der Waals surface area contributed by atoms with Crippen molar-refractivity contribution in [2.24, 2.45) is 0 Å². The van der Waals surface area contributed by atoms with Gasteiger partial charge in [-0.2, -0.15) is 0 Å². The van der Waals surface area contributed by atoms with Crippen LogP contribution in [-0.2, 0) is 25.4 Å². The maximum atomic E-state index is 11.8. The average molecular weight is 331 g/mol. The SMILES string of the molecule is C=C(C)C(=O)Nc1ccc(B2OC(C)(C)C(C)(C)O2)c(COC)c1. The summed E-state index contributed by atoms with van der Waals surface area (Å²) in [4.78, 5) is 11.8. The van der Waals surface area contributed by atoms with E-state index in [9.17, 15) is 4.79 Å². The third-order valence-corrected chi connectivity index (χ3v) is 4.60. The minimum absolute atomic E-state index is 0.207. The Bertz CT molecular complexity index is 638. The first-order valence-corrected chi connectivity index (χ1v) is 8.01. The minimum Gasteiger partial charge on any atom is -0.399 e. The molecule has 1 amide bonds. The van der Waals surface area contributed by atoms with Crippen molar-refractivity contribution in [3.8, 4) is 0 Å². The van der Waals surface area contributed by atoms with Crippen molar-refractivity contribution in [1.82, 2.24) is 0 Å². The molecule has 24 heavy (non-hydrogen) atoms. The van der Waals surface area contributed by atoms with Crippen LogP contribution in [0.5, 0.6) is 0 Å². The van der Waals surface area contributed by atoms with Crippen molar-refractivity contribution < 1.29 is 18.8 Å². The van der Waals surface area contributed by atoms with Gasteiger partial charge in [0.1, 0.15) is 0 Å². The molecular weight excluding hydrogens is 305 g/mol. The number of rotatable bonds is 5. The molecule has 1 aliphatic heterocycles. The number of nitrogens with one attached hydrogen (secondary N) is 1. The van der Waals surface area contributed by atoms with E-state index in [1.165, 1.54) is 0 Å². The van der Waals surface area contributed by atoms with Gasteiger partial charge in [-0.1, -0.05) is 12.6 Å². The summed E-state index contributed by atoms with van der Waals surface area (Å²) < 4.78 is 17.5. The summed E-state index contributed by atoms with van der Waals surface area (Å²) in [5.41, 5.74) is 2.15. The molecule has 0 atom stereocenters. The normalized spacial score (nSPS) is 18.5. The standard InChI is InChI=1S/C18H26BNO4/c1-12(2)16(21)20-14-8-9-15(13(10-14)11-22-7)19-23-17(3,4)18(5,6)24-19/h8-10H,1,11H2,2-7H3,(H,20,21). The molecule has 0 aromatic heterocycles. The lowest BCUT2D eigenvalue weighted by Gasteiger charge is -2.32. The van der Waals surface area contributed by atoms with Crippen LogP contribution in [0.15, 0.2) is 30.4 Å². The van der Waals surface area contributed by atoms with Crippen LogP contribution in [0.4, 0.5) is 5.69 Å². The number of ether oxygens (including phenoxy) is 1. The maximum absolute atomic E-state index is 11.8. The summed E-state index contributed by atoms with van der Waals surface area (Å²) in [6.07, 6.45) is 0. The van der Waals surface area contributed by atoms with Crippen LogP contribution in [0, 0.1) is 0 Å². The summed E-state index contributed by atoms with van der Waals surface area (Å²) in [7, 11) is 1.17. The molecule has 1 heterocycles. The smallest absolute Gasteiger partial charge is 0.399 e. The third-order valence-electron chi connectivity index (χ3n) is 4.60. The van der Waals surface area contributed by atoms with E-state index in [-0.39, 0.29) is 5.91 Å². The van der Waals surface area contributed by atoms with Crippen LogP contribution in [0.1, 0.15) is 40.2 Å². The van der Waals surface area contributed by atoms with Gasteiger partial charge < -0.3 is 19.4 Å². The molecular formula is C18H26BNO4. The van der Waals surface area contributed by atoms with Crippen LogP contribution in [0.2, 0.25) is 0 Å². The van der Waals surface area contributed by atoms with Crippen LogP contribution < -0.4 is 10.8 Å². The predicted molar refractivity (Wildman–Crippen MR) is 96.3 cm³/mol. The zero-order valence-corrected chi connectivity index (χ0v) is 15.4. The second kappa shape index (κ2) is 6.71. The topological polar surface area (TPSA) is 56.8 Å². The molecule has 0 bridgehead atoms. The van der Waals surface area contributed by atoms with Gasteiger partial charge in [0, 0.05) is 18.4 Å². The molecule has 1 N–H and O–H groups in total. The molecule has 0 saturated carbocycles. The molecule has 2 rings (SSSR count). The first-order valence-electron chi connectivity index (χ1n) is 8.01. The summed E-state index contributed by atoms with van der Waals surface area (Å²) in [5.74, 6) is -0.207. The van der Waals surface area contributed by atoms with E-state index in [0.29, 0.717) is 17.9 Å². The number of carbonyl (C=O) groups is 1. The van der Waals surface area contributed by atoms with Crippen molar-refractivity contribution in [1.29, 1.82) is 0 Å². The van der Waals surface area contributed by atoms with Gasteiger partial charge in [0.25, 0.3) is 5.91 Å². The van der Waals surface area contributed by atoms with Crippen molar-refractivity contribution >= 4 is 24.2 Å². The second-order valence-corrected chi connectivity index (χ2v) is 7.17. The quantitative estimate of drug-likeness (QED) is 0.666. The zero-order chi connectivity index (χ0) is 18.1. The van der Waals surface area contributed by atoms with Gasteiger partial charge in [0.15, 0.2) is 0 Å². The highest BCUT2D eigenvalue weighted by Crippen LogP contribution is 2.36. The molecule has 130 valence electrons. The van der Waals surface area contributed by atoms with Crippen molar-refractivity contribution in [2.45, 2.75) is 52.4 Å². The number of hydrogen-bond donors (Lipinski definition) is 1. The lowest BCUT2D eigenvalue weighted by molar-refractivity contribution is -0.112. The number of carbonyl (C=O) groups excluding carboxylic acids is 1. The van der Waals surface area contributed by atoms with Crippen molar-refractivity contribution in [3.05, 3.63) is 35.9 Å². The highest BCUT2D eigenvalue weighted by atomic mass is 16.7. The van der Waals surface area contributed by atoms with Gasteiger partial charge in [0.05, 0.1) is 17.8 Å². The fourth-order valence-corrected chi connectivity index (χ4v) is 2.40. The first kappa shape index (κ1) is 18.7. The van der Waals surface area contributed by atoms with Crippen LogP contribution in [0.25, 0.3) is 0 Å². The molecule has 1 aliphatic rings. The number of methoxy groups -OCH3 is 1. The molecule has 0 radical (unpaired) electrons. The van der Waals surface area contributed by atoms with Gasteiger partial charge in [-0.15, -0.1) is 0 Å². The Labute approximate surface area is 144 Å². The van der Waals surface area contributed by atoms with E-state index in [1.807, 2.05) is 45.9 Å². The van der Waals surface area contributed by atoms with E-state index in [1.54, 1.807) is 14.0 Å². The lowest BCUT2D eigenvalue weighted by atomic mass is 9.76. The zero-order valence-electron chi connectivity index (χ0n) is 15.4. The van der Waals surface area contributed by atoms with Crippen molar-refractivity contribution in [2.75, 3.05) is 12.4 Å². The Morgan fingerprint density at radius 2 is 1.83 bits per heavy atom. The number of amides is 1. The molecule has 0 spiro atoms. The monoisotopic (exact) mass is 331 g/mol. The Hall–Kier alpha value is -1.63. The fourth-order valence-electron chi connectivity index (χ4n) is 2.40. The lowest BCUT2D eigenvalue weighted by Crippen LogP contribution is -2.41. The maximum Gasteiger partial charge on any atom is 0.495 e. The van der Waals surface area contributed by atoms with Gasteiger partial charge in [-0.25, -0.2) is 0 Å². The van der Waals surface area contributed by atoms with Crippen LogP contribution >= 0.6 is 0 Å². The molecule has 1 saturated heterocycles. The predicted octanol–water partition coefficient (Wildman–Crippen LogP) is 2.65. The molecule has 0 unspecified atom stereocenters. The molecule has 1 fully saturated rings. The summed E-state index contributed by atoms with van der Waals surface area (Å²) >= 11 is 0. The summed E-state index contributed by atoms with van der Waals surface area (Å²) in [6, 6.07) is 5.62. The van der Waals surface area contributed by atoms with Crippen LogP contribution in [0.3, 0.4) is 0 Å². The van der Waals surface area contributed by atoms with E-state index in [2.05, 4.69) is 11.9 Å². The van der Waals surface area contributed by atoms with Gasteiger partial charge in [-0.05, 0) is 57.8 Å².